The van der Waals surface area contributed by atoms with E-state index in [9.17, 15) is 0 Å². The van der Waals surface area contributed by atoms with Gasteiger partial charge in [-0.25, -0.2) is 4.68 Å². The Morgan fingerprint density at radius 3 is 2.68 bits per heavy atom. The highest BCUT2D eigenvalue weighted by molar-refractivity contribution is 5.54. The first-order valence-electron chi connectivity index (χ1n) is 9.56. The summed E-state index contributed by atoms with van der Waals surface area (Å²) in [5, 5.41) is 4.95. The molecule has 2 aromatic rings. The molecular weight excluding hydrogens is 310 g/mol. The standard InChI is InChI=1S/C21H29N3O/c1-16(2)20-19(14-24(22-20)18-6-4-5-17(3)13-18)23-10-7-21(15-23)8-11-25-12-9-21/h4-6,13-14,16H,7-12,15H2,1-3H3. The van der Waals surface area contributed by atoms with Crippen LogP contribution in [0.4, 0.5) is 5.69 Å². The number of aryl methyl sites for hydroxylation is 1. The van der Waals surface area contributed by atoms with Gasteiger partial charge in [-0.3, -0.25) is 0 Å². The van der Waals surface area contributed by atoms with Crippen LogP contribution in [0.1, 0.15) is 50.3 Å². The van der Waals surface area contributed by atoms with Crippen molar-refractivity contribution >= 4 is 5.69 Å². The van der Waals surface area contributed by atoms with Crippen LogP contribution < -0.4 is 4.90 Å². The van der Waals surface area contributed by atoms with Crippen molar-refractivity contribution < 1.29 is 4.74 Å². The molecule has 1 aromatic heterocycles. The van der Waals surface area contributed by atoms with Crippen LogP contribution in [-0.4, -0.2) is 36.1 Å². The number of benzene rings is 1. The summed E-state index contributed by atoms with van der Waals surface area (Å²) in [5.41, 5.74) is 5.40. The second kappa shape index (κ2) is 6.49. The molecule has 0 bridgehead atoms. The number of aromatic nitrogens is 2. The number of hydrogen-bond donors (Lipinski definition) is 0. The smallest absolute Gasteiger partial charge is 0.0887 e. The fourth-order valence-electron chi connectivity index (χ4n) is 4.29. The summed E-state index contributed by atoms with van der Waals surface area (Å²) in [6.45, 7) is 10.8. The molecule has 2 aliphatic rings. The molecule has 0 atom stereocenters. The van der Waals surface area contributed by atoms with Gasteiger partial charge in [-0.05, 0) is 55.2 Å². The minimum Gasteiger partial charge on any atom is -0.381 e. The van der Waals surface area contributed by atoms with Crippen molar-refractivity contribution in [3.8, 4) is 5.69 Å². The van der Waals surface area contributed by atoms with E-state index in [1.54, 1.807) is 0 Å². The zero-order valence-corrected chi connectivity index (χ0v) is 15.7. The van der Waals surface area contributed by atoms with E-state index in [4.69, 9.17) is 9.84 Å². The zero-order valence-electron chi connectivity index (χ0n) is 15.7. The molecule has 2 fully saturated rings. The Balaban J connectivity index is 1.65. The maximum Gasteiger partial charge on any atom is 0.0887 e. The molecule has 0 unspecified atom stereocenters. The van der Waals surface area contributed by atoms with Crippen molar-refractivity contribution in [2.24, 2.45) is 5.41 Å². The maximum atomic E-state index is 5.60. The van der Waals surface area contributed by atoms with Gasteiger partial charge in [0.15, 0.2) is 0 Å². The quantitative estimate of drug-likeness (QED) is 0.835. The van der Waals surface area contributed by atoms with Crippen LogP contribution in [0, 0.1) is 12.3 Å². The molecule has 4 nitrogen and oxygen atoms in total. The van der Waals surface area contributed by atoms with E-state index in [0.29, 0.717) is 11.3 Å². The van der Waals surface area contributed by atoms with Crippen LogP contribution in [0.15, 0.2) is 30.5 Å². The van der Waals surface area contributed by atoms with Gasteiger partial charge in [-0.2, -0.15) is 5.10 Å². The number of anilines is 1. The Morgan fingerprint density at radius 2 is 1.96 bits per heavy atom. The van der Waals surface area contributed by atoms with E-state index in [1.165, 1.54) is 36.2 Å². The summed E-state index contributed by atoms with van der Waals surface area (Å²) in [4.78, 5) is 2.57. The summed E-state index contributed by atoms with van der Waals surface area (Å²) in [5.74, 6) is 0.423. The average molecular weight is 339 g/mol. The lowest BCUT2D eigenvalue weighted by Crippen LogP contribution is -2.33. The SMILES string of the molecule is Cc1cccc(-n2cc(N3CCC4(CCOCC4)C3)c(C(C)C)n2)c1. The molecule has 25 heavy (non-hydrogen) atoms. The van der Waals surface area contributed by atoms with Gasteiger partial charge in [-0.1, -0.05) is 26.0 Å². The van der Waals surface area contributed by atoms with E-state index < -0.39 is 0 Å². The number of rotatable bonds is 3. The van der Waals surface area contributed by atoms with Crippen molar-refractivity contribution in [2.75, 3.05) is 31.2 Å². The summed E-state index contributed by atoms with van der Waals surface area (Å²) in [7, 11) is 0. The molecule has 0 radical (unpaired) electrons. The highest BCUT2D eigenvalue weighted by Gasteiger charge is 2.40. The topological polar surface area (TPSA) is 30.3 Å². The normalized spacial score (nSPS) is 19.9. The first-order valence-corrected chi connectivity index (χ1v) is 9.56. The minimum atomic E-state index is 0.423. The van der Waals surface area contributed by atoms with Crippen molar-refractivity contribution in [1.29, 1.82) is 0 Å². The molecule has 2 saturated heterocycles. The summed E-state index contributed by atoms with van der Waals surface area (Å²) in [6, 6.07) is 8.57. The second-order valence-corrected chi connectivity index (χ2v) is 8.12. The lowest BCUT2D eigenvalue weighted by atomic mass is 9.80. The molecule has 4 heteroatoms. The van der Waals surface area contributed by atoms with Gasteiger partial charge in [-0.15, -0.1) is 0 Å². The Hall–Kier alpha value is -1.81. The molecule has 3 heterocycles. The van der Waals surface area contributed by atoms with E-state index in [0.717, 1.165) is 32.0 Å². The van der Waals surface area contributed by atoms with Crippen LogP contribution in [0.3, 0.4) is 0 Å². The second-order valence-electron chi connectivity index (χ2n) is 8.12. The Kier molecular flexibility index (Phi) is 4.32. The third-order valence-electron chi connectivity index (χ3n) is 5.87. The highest BCUT2D eigenvalue weighted by Crippen LogP contribution is 2.42. The fraction of sp³-hybridized carbons (Fsp3) is 0.571. The van der Waals surface area contributed by atoms with Crippen molar-refractivity contribution in [3.05, 3.63) is 41.7 Å². The van der Waals surface area contributed by atoms with Crippen LogP contribution >= 0.6 is 0 Å². The van der Waals surface area contributed by atoms with E-state index in [-0.39, 0.29) is 0 Å². The van der Waals surface area contributed by atoms with Crippen LogP contribution in [0.5, 0.6) is 0 Å². The maximum absolute atomic E-state index is 5.60. The van der Waals surface area contributed by atoms with Gasteiger partial charge < -0.3 is 9.64 Å². The van der Waals surface area contributed by atoms with Crippen LogP contribution in [-0.2, 0) is 4.74 Å². The monoisotopic (exact) mass is 339 g/mol. The van der Waals surface area contributed by atoms with Gasteiger partial charge in [0.2, 0.25) is 0 Å². The van der Waals surface area contributed by atoms with Crippen molar-refractivity contribution in [3.63, 3.8) is 0 Å². The average Bonchev–Trinajstić information content (AvgIpc) is 3.20. The number of nitrogens with zero attached hydrogens (tertiary/aromatic N) is 3. The molecule has 0 aliphatic carbocycles. The molecule has 0 N–H and O–H groups in total. The fourth-order valence-corrected chi connectivity index (χ4v) is 4.29. The Labute approximate surface area is 150 Å². The summed E-state index contributed by atoms with van der Waals surface area (Å²) < 4.78 is 7.66. The van der Waals surface area contributed by atoms with Gasteiger partial charge in [0, 0.05) is 26.3 Å². The lowest BCUT2D eigenvalue weighted by Gasteiger charge is -2.33. The molecule has 134 valence electrons. The van der Waals surface area contributed by atoms with Crippen LogP contribution in [0.25, 0.3) is 5.69 Å². The van der Waals surface area contributed by atoms with E-state index in [2.05, 4.69) is 60.8 Å². The van der Waals surface area contributed by atoms with Gasteiger partial charge in [0.1, 0.15) is 0 Å². The van der Waals surface area contributed by atoms with Gasteiger partial charge in [0.25, 0.3) is 0 Å². The predicted octanol–water partition coefficient (Wildman–Crippen LogP) is 4.31. The highest BCUT2D eigenvalue weighted by atomic mass is 16.5. The summed E-state index contributed by atoms with van der Waals surface area (Å²) in [6.07, 6.45) is 5.92. The Bertz CT molecular complexity index is 743. The van der Waals surface area contributed by atoms with E-state index in [1.807, 2.05) is 0 Å². The number of ether oxygens (including phenoxy) is 1. The molecule has 0 amide bonds. The molecular formula is C21H29N3O. The first-order chi connectivity index (χ1) is 12.1. The van der Waals surface area contributed by atoms with Crippen molar-refractivity contribution in [2.45, 2.75) is 46.0 Å². The third-order valence-corrected chi connectivity index (χ3v) is 5.87. The molecule has 1 aromatic carbocycles. The predicted molar refractivity (Wildman–Crippen MR) is 102 cm³/mol. The minimum absolute atomic E-state index is 0.423. The molecule has 1 spiro atoms. The zero-order chi connectivity index (χ0) is 17.4. The Morgan fingerprint density at radius 1 is 1.16 bits per heavy atom. The van der Waals surface area contributed by atoms with Crippen LogP contribution in [0.2, 0.25) is 0 Å². The molecule has 0 saturated carbocycles. The number of hydrogen-bond acceptors (Lipinski definition) is 3. The largest absolute Gasteiger partial charge is 0.381 e. The molecule has 4 rings (SSSR count). The molecule has 2 aliphatic heterocycles. The third kappa shape index (κ3) is 3.20. The summed E-state index contributed by atoms with van der Waals surface area (Å²) >= 11 is 0. The van der Waals surface area contributed by atoms with Crippen molar-refractivity contribution in [1.82, 2.24) is 9.78 Å². The van der Waals surface area contributed by atoms with E-state index >= 15 is 0 Å². The van der Waals surface area contributed by atoms with Gasteiger partial charge >= 0.3 is 0 Å². The lowest BCUT2D eigenvalue weighted by molar-refractivity contribution is 0.0254. The first kappa shape index (κ1) is 16.6. The van der Waals surface area contributed by atoms with Gasteiger partial charge in [0.05, 0.1) is 23.3 Å².